The molecular weight excluding hydrogens is 252 g/mol. The van der Waals surface area contributed by atoms with E-state index in [-0.39, 0.29) is 30.4 Å². The minimum Gasteiger partial charge on any atom is -0.327 e. The number of nitrogens with one attached hydrogen (secondary N) is 2. The summed E-state index contributed by atoms with van der Waals surface area (Å²) in [5.41, 5.74) is 0. The van der Waals surface area contributed by atoms with Gasteiger partial charge in [0.05, 0.1) is 0 Å². The van der Waals surface area contributed by atoms with E-state index in [0.717, 1.165) is 4.88 Å². The van der Waals surface area contributed by atoms with E-state index in [1.807, 2.05) is 14.0 Å². The van der Waals surface area contributed by atoms with Crippen LogP contribution in [0.2, 0.25) is 0 Å². The van der Waals surface area contributed by atoms with Crippen LogP contribution in [0, 0.1) is 0 Å². The number of piperazine rings is 1. The third-order valence-corrected chi connectivity index (χ3v) is 4.26. The molecule has 2 atom stereocenters. The molecule has 0 bridgehead atoms. The zero-order valence-electron chi connectivity index (χ0n) is 10.6. The van der Waals surface area contributed by atoms with Crippen molar-refractivity contribution in [3.05, 3.63) is 11.1 Å². The lowest BCUT2D eigenvalue weighted by atomic mass is 10.2. The molecule has 0 aliphatic carbocycles. The Hall–Kier alpha value is -1.47. The van der Waals surface area contributed by atoms with Gasteiger partial charge in [0.2, 0.25) is 11.8 Å². The minimum atomic E-state index is -0.369. The summed E-state index contributed by atoms with van der Waals surface area (Å²) in [7, 11) is 1.88. The predicted molar refractivity (Wildman–Crippen MR) is 69.5 cm³/mol. The molecule has 18 heavy (non-hydrogen) atoms. The van der Waals surface area contributed by atoms with Crippen LogP contribution in [0.5, 0.6) is 0 Å². The predicted octanol–water partition coefficient (Wildman–Crippen LogP) is 0.275. The quantitative estimate of drug-likeness (QED) is 0.770. The van der Waals surface area contributed by atoms with Gasteiger partial charge in [-0.2, -0.15) is 0 Å². The number of anilines is 1. The first kappa shape index (κ1) is 13.0. The van der Waals surface area contributed by atoms with Crippen molar-refractivity contribution < 1.29 is 9.59 Å². The monoisotopic (exact) mass is 268 g/mol. The van der Waals surface area contributed by atoms with Crippen LogP contribution in [-0.4, -0.2) is 36.4 Å². The van der Waals surface area contributed by atoms with Crippen molar-refractivity contribution in [3.63, 3.8) is 0 Å². The largest absolute Gasteiger partial charge is 0.327 e. The van der Waals surface area contributed by atoms with Crippen LogP contribution in [0.25, 0.3) is 0 Å². The van der Waals surface area contributed by atoms with Crippen LogP contribution in [0.3, 0.4) is 0 Å². The van der Waals surface area contributed by atoms with Gasteiger partial charge >= 0.3 is 0 Å². The molecule has 0 spiro atoms. The summed E-state index contributed by atoms with van der Waals surface area (Å²) in [6, 6.07) is -0.160. The maximum atomic E-state index is 11.6. The number of amides is 2. The van der Waals surface area contributed by atoms with Gasteiger partial charge in [0, 0.05) is 17.1 Å². The van der Waals surface area contributed by atoms with Crippen LogP contribution in [0.1, 0.15) is 24.8 Å². The molecule has 2 heterocycles. The summed E-state index contributed by atoms with van der Waals surface area (Å²) >= 11 is 1.50. The maximum absolute atomic E-state index is 11.6. The van der Waals surface area contributed by atoms with Crippen molar-refractivity contribution in [3.8, 4) is 0 Å². The third kappa shape index (κ3) is 2.37. The van der Waals surface area contributed by atoms with Crippen LogP contribution in [-0.2, 0) is 9.59 Å². The van der Waals surface area contributed by atoms with E-state index in [4.69, 9.17) is 0 Å². The lowest BCUT2D eigenvalue weighted by molar-refractivity contribution is -0.132. The highest BCUT2D eigenvalue weighted by atomic mass is 32.1. The highest BCUT2D eigenvalue weighted by Gasteiger charge is 2.32. The second-order valence-electron chi connectivity index (χ2n) is 4.27. The number of hydrogen-bond acceptors (Lipinski definition) is 6. The highest BCUT2D eigenvalue weighted by Crippen LogP contribution is 2.28. The van der Waals surface area contributed by atoms with Crippen LogP contribution >= 0.6 is 11.3 Å². The number of thiazole rings is 1. The van der Waals surface area contributed by atoms with Crippen LogP contribution < -0.4 is 15.5 Å². The van der Waals surface area contributed by atoms with Gasteiger partial charge < -0.3 is 10.2 Å². The van der Waals surface area contributed by atoms with Crippen LogP contribution in [0.15, 0.2) is 6.20 Å². The summed E-state index contributed by atoms with van der Waals surface area (Å²) < 4.78 is 0. The molecule has 6 nitrogen and oxygen atoms in total. The smallest absolute Gasteiger partial charge is 0.249 e. The highest BCUT2D eigenvalue weighted by molar-refractivity contribution is 7.15. The van der Waals surface area contributed by atoms with Gasteiger partial charge in [0.1, 0.15) is 12.6 Å². The molecule has 1 saturated heterocycles. The Balaban J connectivity index is 2.22. The number of hydrogen-bond donors (Lipinski definition) is 2. The standard InChI is InChI=1S/C11H16N4O2S/c1-6(12-3)8-4-13-11(18-8)15-5-9(16)14-10(17)7(15)2/h4,6-7,12H,5H2,1-3H3,(H,14,16,17). The Morgan fingerprint density at radius 3 is 3.00 bits per heavy atom. The van der Waals surface area contributed by atoms with Gasteiger partial charge in [0.25, 0.3) is 0 Å². The van der Waals surface area contributed by atoms with Gasteiger partial charge in [-0.1, -0.05) is 0 Å². The normalized spacial score (nSPS) is 21.9. The van der Waals surface area contributed by atoms with Gasteiger partial charge in [0.15, 0.2) is 5.13 Å². The van der Waals surface area contributed by atoms with Crippen molar-refractivity contribution in [2.75, 3.05) is 18.5 Å². The average Bonchev–Trinajstić information content (AvgIpc) is 2.82. The summed E-state index contributed by atoms with van der Waals surface area (Å²) in [4.78, 5) is 30.1. The van der Waals surface area contributed by atoms with Crippen LogP contribution in [0.4, 0.5) is 5.13 Å². The average molecular weight is 268 g/mol. The van der Waals surface area contributed by atoms with Gasteiger partial charge in [-0.25, -0.2) is 4.98 Å². The van der Waals surface area contributed by atoms with E-state index in [1.54, 1.807) is 18.0 Å². The van der Waals surface area contributed by atoms with Crippen molar-refractivity contribution in [2.24, 2.45) is 0 Å². The van der Waals surface area contributed by atoms with Crippen molar-refractivity contribution in [1.29, 1.82) is 0 Å². The van der Waals surface area contributed by atoms with Crippen molar-refractivity contribution in [1.82, 2.24) is 15.6 Å². The molecule has 2 rings (SSSR count). The molecule has 1 aromatic rings. The first-order chi connectivity index (χ1) is 8.52. The molecule has 2 unspecified atom stereocenters. The Labute approximate surface area is 109 Å². The van der Waals surface area contributed by atoms with E-state index in [0.29, 0.717) is 5.13 Å². The van der Waals surface area contributed by atoms with Gasteiger partial charge in [-0.3, -0.25) is 14.9 Å². The van der Waals surface area contributed by atoms with Gasteiger partial charge in [-0.15, -0.1) is 11.3 Å². The fraction of sp³-hybridized carbons (Fsp3) is 0.545. The SMILES string of the molecule is CNC(C)c1cnc(N2CC(=O)NC(=O)C2C)s1. The number of rotatable bonds is 3. The molecule has 2 amide bonds. The zero-order valence-corrected chi connectivity index (χ0v) is 11.4. The third-order valence-electron chi connectivity index (χ3n) is 3.04. The molecule has 0 aromatic carbocycles. The summed E-state index contributed by atoms with van der Waals surface area (Å²) in [6.45, 7) is 3.98. The van der Waals surface area contributed by atoms with Crippen molar-refractivity contribution >= 4 is 28.3 Å². The molecule has 7 heteroatoms. The molecule has 0 saturated carbocycles. The van der Waals surface area contributed by atoms with E-state index < -0.39 is 0 Å². The Morgan fingerprint density at radius 1 is 1.61 bits per heavy atom. The second kappa shape index (κ2) is 5.03. The fourth-order valence-electron chi connectivity index (χ4n) is 1.70. The molecule has 1 aliphatic rings. The lowest BCUT2D eigenvalue weighted by Crippen LogP contribution is -2.57. The Kier molecular flexibility index (Phi) is 3.63. The molecule has 1 fully saturated rings. The Bertz CT molecular complexity index is 473. The second-order valence-corrected chi connectivity index (χ2v) is 5.31. The first-order valence-electron chi connectivity index (χ1n) is 5.76. The summed E-state index contributed by atoms with van der Waals surface area (Å²) in [5.74, 6) is -0.554. The number of nitrogens with zero attached hydrogens (tertiary/aromatic N) is 2. The number of carbonyl (C=O) groups is 2. The van der Waals surface area contributed by atoms with E-state index in [1.165, 1.54) is 11.3 Å². The minimum absolute atomic E-state index is 0.174. The topological polar surface area (TPSA) is 74.3 Å². The first-order valence-corrected chi connectivity index (χ1v) is 6.58. The summed E-state index contributed by atoms with van der Waals surface area (Å²) in [5, 5.41) is 6.16. The van der Waals surface area contributed by atoms with Gasteiger partial charge in [-0.05, 0) is 20.9 Å². The molecule has 1 aromatic heterocycles. The lowest BCUT2D eigenvalue weighted by Gasteiger charge is -2.31. The summed E-state index contributed by atoms with van der Waals surface area (Å²) in [6.07, 6.45) is 1.78. The number of imide groups is 1. The zero-order chi connectivity index (χ0) is 13.3. The Morgan fingerprint density at radius 2 is 2.33 bits per heavy atom. The number of carbonyl (C=O) groups excluding carboxylic acids is 2. The molecular formula is C11H16N4O2S. The molecule has 98 valence electrons. The number of aromatic nitrogens is 1. The maximum Gasteiger partial charge on any atom is 0.249 e. The van der Waals surface area contributed by atoms with Crippen molar-refractivity contribution in [2.45, 2.75) is 25.9 Å². The van der Waals surface area contributed by atoms with E-state index >= 15 is 0 Å². The molecule has 0 radical (unpaired) electrons. The van der Waals surface area contributed by atoms with E-state index in [9.17, 15) is 9.59 Å². The molecule has 1 aliphatic heterocycles. The fourth-order valence-corrected chi connectivity index (χ4v) is 2.76. The molecule has 2 N–H and O–H groups in total. The van der Waals surface area contributed by atoms with E-state index in [2.05, 4.69) is 15.6 Å².